The minimum atomic E-state index is -3.75. The normalized spacial score (nSPS) is 23.6. The molecule has 0 aromatic heterocycles. The molecule has 102 valence electrons. The first-order valence-corrected chi connectivity index (χ1v) is 7.71. The van der Waals surface area contributed by atoms with E-state index in [1.807, 2.05) is 12.1 Å². The lowest BCUT2D eigenvalue weighted by Crippen LogP contribution is -2.39. The van der Waals surface area contributed by atoms with E-state index in [4.69, 9.17) is 5.26 Å². The van der Waals surface area contributed by atoms with E-state index in [1.54, 1.807) is 25.1 Å². The fourth-order valence-corrected chi connectivity index (χ4v) is 3.74. The minimum absolute atomic E-state index is 0.219. The SMILES string of the molecule is CCC(C#N)S(=O)(=O)N[C@@H]1c2ccccc2C[C@@H]1O. The van der Waals surface area contributed by atoms with Gasteiger partial charge in [-0.05, 0) is 17.5 Å². The summed E-state index contributed by atoms with van der Waals surface area (Å²) in [6, 6.07) is 8.44. The number of rotatable bonds is 4. The van der Waals surface area contributed by atoms with Gasteiger partial charge in [-0.2, -0.15) is 5.26 Å². The number of nitrogens with one attached hydrogen (secondary N) is 1. The van der Waals surface area contributed by atoms with Crippen molar-refractivity contribution in [3.63, 3.8) is 0 Å². The van der Waals surface area contributed by atoms with Crippen molar-refractivity contribution in [3.05, 3.63) is 35.4 Å². The quantitative estimate of drug-likeness (QED) is 0.856. The summed E-state index contributed by atoms with van der Waals surface area (Å²) in [5, 5.41) is 17.8. The van der Waals surface area contributed by atoms with Gasteiger partial charge < -0.3 is 5.11 Å². The Kier molecular flexibility index (Phi) is 3.90. The maximum atomic E-state index is 12.1. The van der Waals surface area contributed by atoms with Crippen molar-refractivity contribution in [2.75, 3.05) is 0 Å². The molecule has 1 aliphatic rings. The number of benzene rings is 1. The molecule has 0 radical (unpaired) electrons. The second-order valence-corrected chi connectivity index (χ2v) is 6.53. The third-order valence-electron chi connectivity index (χ3n) is 3.38. The zero-order valence-corrected chi connectivity index (χ0v) is 11.4. The third-order valence-corrected chi connectivity index (χ3v) is 5.15. The number of hydrogen-bond donors (Lipinski definition) is 2. The van der Waals surface area contributed by atoms with Crippen LogP contribution in [0.4, 0.5) is 0 Å². The van der Waals surface area contributed by atoms with Crippen LogP contribution >= 0.6 is 0 Å². The Morgan fingerprint density at radius 2 is 2.21 bits per heavy atom. The lowest BCUT2D eigenvalue weighted by atomic mass is 10.1. The summed E-state index contributed by atoms with van der Waals surface area (Å²) in [4.78, 5) is 0. The van der Waals surface area contributed by atoms with Crippen molar-refractivity contribution < 1.29 is 13.5 Å². The van der Waals surface area contributed by atoms with Gasteiger partial charge in [-0.3, -0.25) is 0 Å². The summed E-state index contributed by atoms with van der Waals surface area (Å²) in [5.41, 5.74) is 1.72. The highest BCUT2D eigenvalue weighted by Gasteiger charge is 2.36. The zero-order valence-electron chi connectivity index (χ0n) is 10.6. The number of nitrogens with zero attached hydrogens (tertiary/aromatic N) is 1. The zero-order chi connectivity index (χ0) is 14.0. The van der Waals surface area contributed by atoms with E-state index in [-0.39, 0.29) is 6.42 Å². The summed E-state index contributed by atoms with van der Waals surface area (Å²) in [7, 11) is -3.75. The molecule has 0 saturated carbocycles. The van der Waals surface area contributed by atoms with Crippen LogP contribution in [0, 0.1) is 11.3 Å². The van der Waals surface area contributed by atoms with Crippen molar-refractivity contribution in [1.82, 2.24) is 4.72 Å². The lowest BCUT2D eigenvalue weighted by molar-refractivity contribution is 0.151. The molecule has 1 unspecified atom stereocenters. The molecule has 1 aromatic carbocycles. The summed E-state index contributed by atoms with van der Waals surface area (Å²) in [6.45, 7) is 1.64. The van der Waals surface area contributed by atoms with Crippen LogP contribution in [0.5, 0.6) is 0 Å². The summed E-state index contributed by atoms with van der Waals surface area (Å²) < 4.78 is 26.6. The Bertz CT molecular complexity index is 607. The Hall–Kier alpha value is -1.42. The van der Waals surface area contributed by atoms with E-state index in [9.17, 15) is 13.5 Å². The molecule has 0 fully saturated rings. The number of aliphatic hydroxyl groups is 1. The van der Waals surface area contributed by atoms with Gasteiger partial charge in [0, 0.05) is 6.42 Å². The van der Waals surface area contributed by atoms with Gasteiger partial charge in [-0.25, -0.2) is 13.1 Å². The molecule has 5 nitrogen and oxygen atoms in total. The smallest absolute Gasteiger partial charge is 0.228 e. The Labute approximate surface area is 112 Å². The molecule has 19 heavy (non-hydrogen) atoms. The second-order valence-electron chi connectivity index (χ2n) is 4.64. The van der Waals surface area contributed by atoms with Crippen LogP contribution in [0.2, 0.25) is 0 Å². The molecule has 3 atom stereocenters. The van der Waals surface area contributed by atoms with Crippen LogP contribution < -0.4 is 4.72 Å². The number of hydrogen-bond acceptors (Lipinski definition) is 4. The Balaban J connectivity index is 2.28. The lowest BCUT2D eigenvalue weighted by Gasteiger charge is -2.19. The van der Waals surface area contributed by atoms with Crippen LogP contribution in [-0.2, 0) is 16.4 Å². The summed E-state index contributed by atoms with van der Waals surface area (Å²) in [5.74, 6) is 0. The maximum Gasteiger partial charge on any atom is 0.228 e. The van der Waals surface area contributed by atoms with Gasteiger partial charge >= 0.3 is 0 Å². The summed E-state index contributed by atoms with van der Waals surface area (Å²) >= 11 is 0. The van der Waals surface area contributed by atoms with E-state index in [0.29, 0.717) is 6.42 Å². The van der Waals surface area contributed by atoms with E-state index in [0.717, 1.165) is 11.1 Å². The highest BCUT2D eigenvalue weighted by Crippen LogP contribution is 2.32. The molecule has 0 heterocycles. The maximum absolute atomic E-state index is 12.1. The average Bonchev–Trinajstić information content (AvgIpc) is 2.67. The van der Waals surface area contributed by atoms with Crippen LogP contribution in [0.15, 0.2) is 24.3 Å². The fraction of sp³-hybridized carbons (Fsp3) is 0.462. The standard InChI is InChI=1S/C13H16N2O3S/c1-2-10(8-14)19(17,18)15-13-11-6-4-3-5-9(11)7-12(13)16/h3-6,10,12-13,15-16H,2,7H2,1H3/t10?,12-,13+/m0/s1. The third kappa shape index (κ3) is 2.63. The van der Waals surface area contributed by atoms with Gasteiger partial charge in [0.2, 0.25) is 10.0 Å². The van der Waals surface area contributed by atoms with Crippen molar-refractivity contribution in [1.29, 1.82) is 5.26 Å². The van der Waals surface area contributed by atoms with Gasteiger partial charge in [0.1, 0.15) is 0 Å². The Morgan fingerprint density at radius 3 is 2.84 bits per heavy atom. The molecular weight excluding hydrogens is 264 g/mol. The van der Waals surface area contributed by atoms with Crippen molar-refractivity contribution in [2.45, 2.75) is 37.2 Å². The molecule has 2 rings (SSSR count). The molecule has 0 saturated heterocycles. The molecule has 2 N–H and O–H groups in total. The van der Waals surface area contributed by atoms with Crippen LogP contribution in [0.25, 0.3) is 0 Å². The summed E-state index contributed by atoms with van der Waals surface area (Å²) in [6.07, 6.45) is -0.147. The number of fused-ring (bicyclic) bond motifs is 1. The largest absolute Gasteiger partial charge is 0.391 e. The van der Waals surface area contributed by atoms with E-state index in [2.05, 4.69) is 4.72 Å². The molecule has 6 heteroatoms. The highest BCUT2D eigenvalue weighted by atomic mass is 32.2. The van der Waals surface area contributed by atoms with Crippen LogP contribution in [-0.4, -0.2) is 24.9 Å². The molecule has 0 aliphatic heterocycles. The van der Waals surface area contributed by atoms with E-state index in [1.165, 1.54) is 0 Å². The average molecular weight is 280 g/mol. The predicted octanol–water partition coefficient (Wildman–Crippen LogP) is 0.866. The molecule has 1 aliphatic carbocycles. The van der Waals surface area contributed by atoms with Gasteiger partial charge in [0.05, 0.1) is 18.2 Å². The van der Waals surface area contributed by atoms with Gasteiger partial charge in [0.25, 0.3) is 0 Å². The number of aliphatic hydroxyl groups excluding tert-OH is 1. The molecule has 1 aromatic rings. The van der Waals surface area contributed by atoms with Crippen molar-refractivity contribution >= 4 is 10.0 Å². The van der Waals surface area contributed by atoms with E-state index < -0.39 is 27.4 Å². The minimum Gasteiger partial charge on any atom is -0.391 e. The first-order chi connectivity index (χ1) is 8.99. The van der Waals surface area contributed by atoms with Gasteiger partial charge in [-0.15, -0.1) is 0 Å². The Morgan fingerprint density at radius 1 is 1.53 bits per heavy atom. The molecule has 0 spiro atoms. The highest BCUT2D eigenvalue weighted by molar-refractivity contribution is 7.90. The monoisotopic (exact) mass is 280 g/mol. The van der Waals surface area contributed by atoms with Crippen molar-refractivity contribution in [3.8, 4) is 6.07 Å². The van der Waals surface area contributed by atoms with Gasteiger partial charge in [0.15, 0.2) is 5.25 Å². The topological polar surface area (TPSA) is 90.2 Å². The molecule has 0 bridgehead atoms. The molecular formula is C13H16N2O3S. The number of sulfonamides is 1. The first kappa shape index (κ1) is 14.0. The first-order valence-electron chi connectivity index (χ1n) is 6.16. The number of nitriles is 1. The van der Waals surface area contributed by atoms with Crippen LogP contribution in [0.3, 0.4) is 0 Å². The molecule has 0 amide bonds. The van der Waals surface area contributed by atoms with E-state index >= 15 is 0 Å². The van der Waals surface area contributed by atoms with Crippen molar-refractivity contribution in [2.24, 2.45) is 0 Å². The fourth-order valence-electron chi connectivity index (χ4n) is 2.36. The predicted molar refractivity (Wildman–Crippen MR) is 70.6 cm³/mol. The second kappa shape index (κ2) is 5.29. The van der Waals surface area contributed by atoms with Crippen LogP contribution in [0.1, 0.15) is 30.5 Å². The van der Waals surface area contributed by atoms with Gasteiger partial charge in [-0.1, -0.05) is 31.2 Å².